The summed E-state index contributed by atoms with van der Waals surface area (Å²) in [6.07, 6.45) is 0. The van der Waals surface area contributed by atoms with Gasteiger partial charge < -0.3 is 5.73 Å². The highest BCUT2D eigenvalue weighted by molar-refractivity contribution is 6.41. The summed E-state index contributed by atoms with van der Waals surface area (Å²) in [6.45, 7) is 0.332. The Morgan fingerprint density at radius 2 is 2.22 bits per heavy atom. The smallest absolute Gasteiger partial charge is 0.169 e. The Morgan fingerprint density at radius 3 is 2.44 bits per heavy atom. The number of nitrogens with zero attached hydrogens (tertiary/aromatic N) is 1. The average Bonchev–Trinajstić information content (AvgIpc) is 2.15. The molecule has 1 aromatic heterocycles. The van der Waals surface area contributed by atoms with Gasteiger partial charge in [-0.2, -0.15) is 5.10 Å². The minimum atomic E-state index is 0.275. The van der Waals surface area contributed by atoms with Crippen LogP contribution in [0.2, 0.25) is 10.2 Å². The van der Waals surface area contributed by atoms with Crippen LogP contribution in [0.25, 0.3) is 0 Å². The molecule has 0 radical (unpaired) electrons. The lowest BCUT2D eigenvalue weighted by atomic mass is 10.4. The van der Waals surface area contributed by atoms with Gasteiger partial charge in [0.05, 0.1) is 5.69 Å². The Bertz CT molecular complexity index is 208. The Hall–Kier alpha value is -0.250. The summed E-state index contributed by atoms with van der Waals surface area (Å²) in [5, 5.41) is 6.89. The van der Waals surface area contributed by atoms with E-state index in [1.54, 1.807) is 0 Å². The predicted molar refractivity (Wildman–Crippen MR) is 36.5 cm³/mol. The molecule has 9 heavy (non-hydrogen) atoms. The zero-order chi connectivity index (χ0) is 6.85. The van der Waals surface area contributed by atoms with E-state index in [1.165, 1.54) is 0 Å². The molecule has 0 aromatic carbocycles. The molecule has 0 spiro atoms. The number of aromatic amines is 1. The van der Waals surface area contributed by atoms with Crippen LogP contribution in [0.4, 0.5) is 0 Å². The summed E-state index contributed by atoms with van der Waals surface area (Å²) < 4.78 is 0. The van der Waals surface area contributed by atoms with E-state index in [2.05, 4.69) is 10.2 Å². The molecule has 1 heterocycles. The fourth-order valence-corrected chi connectivity index (χ4v) is 0.792. The fourth-order valence-electron chi connectivity index (χ4n) is 0.474. The molecule has 1 rings (SSSR count). The maximum Gasteiger partial charge on any atom is 0.169 e. The van der Waals surface area contributed by atoms with Gasteiger partial charge in [0.15, 0.2) is 5.15 Å². The van der Waals surface area contributed by atoms with Gasteiger partial charge in [-0.05, 0) is 0 Å². The molecule has 5 heteroatoms. The molecular formula is C4H5Cl2N3. The van der Waals surface area contributed by atoms with Gasteiger partial charge in [-0.3, -0.25) is 5.10 Å². The summed E-state index contributed by atoms with van der Waals surface area (Å²) in [4.78, 5) is 0. The first-order valence-electron chi connectivity index (χ1n) is 2.34. The number of nitrogens with two attached hydrogens (primary N) is 1. The minimum Gasteiger partial charge on any atom is -0.325 e. The molecule has 0 fully saturated rings. The molecule has 0 saturated carbocycles. The Morgan fingerprint density at radius 1 is 1.56 bits per heavy atom. The van der Waals surface area contributed by atoms with Crippen LogP contribution in [0.1, 0.15) is 5.69 Å². The Labute approximate surface area is 62.1 Å². The zero-order valence-electron chi connectivity index (χ0n) is 4.49. The van der Waals surface area contributed by atoms with Gasteiger partial charge in [0, 0.05) is 6.54 Å². The van der Waals surface area contributed by atoms with Crippen LogP contribution in [0.15, 0.2) is 0 Å². The number of hydrogen-bond donors (Lipinski definition) is 2. The van der Waals surface area contributed by atoms with E-state index >= 15 is 0 Å². The van der Waals surface area contributed by atoms with Gasteiger partial charge in [0.25, 0.3) is 0 Å². The minimum absolute atomic E-state index is 0.275. The molecule has 3 nitrogen and oxygen atoms in total. The van der Waals surface area contributed by atoms with E-state index in [4.69, 9.17) is 28.9 Å². The number of aromatic nitrogens is 2. The highest BCUT2D eigenvalue weighted by Crippen LogP contribution is 2.21. The first-order valence-corrected chi connectivity index (χ1v) is 3.09. The van der Waals surface area contributed by atoms with Gasteiger partial charge in [0.2, 0.25) is 0 Å². The van der Waals surface area contributed by atoms with Crippen molar-refractivity contribution in [1.29, 1.82) is 0 Å². The van der Waals surface area contributed by atoms with Gasteiger partial charge in [0.1, 0.15) is 5.02 Å². The molecule has 0 bridgehead atoms. The summed E-state index contributed by atoms with van der Waals surface area (Å²) in [6, 6.07) is 0. The third kappa shape index (κ3) is 1.18. The van der Waals surface area contributed by atoms with Crippen molar-refractivity contribution in [1.82, 2.24) is 10.2 Å². The number of H-pyrrole nitrogens is 1. The maximum atomic E-state index is 5.60. The van der Waals surface area contributed by atoms with E-state index in [-0.39, 0.29) is 5.15 Å². The maximum absolute atomic E-state index is 5.60. The largest absolute Gasteiger partial charge is 0.325 e. The lowest BCUT2D eigenvalue weighted by Crippen LogP contribution is -1.96. The van der Waals surface area contributed by atoms with Crippen LogP contribution in [0, 0.1) is 0 Å². The second-order valence-corrected chi connectivity index (χ2v) is 2.25. The zero-order valence-corrected chi connectivity index (χ0v) is 6.00. The Balaban J connectivity index is 3.04. The fraction of sp³-hybridized carbons (Fsp3) is 0.250. The molecule has 0 saturated heterocycles. The third-order valence-electron chi connectivity index (χ3n) is 0.939. The molecule has 0 amide bonds. The quantitative estimate of drug-likeness (QED) is 0.657. The van der Waals surface area contributed by atoms with Crippen LogP contribution in [-0.4, -0.2) is 10.2 Å². The number of hydrogen-bond acceptors (Lipinski definition) is 2. The Kier molecular flexibility index (Phi) is 1.95. The molecule has 50 valence electrons. The third-order valence-corrected chi connectivity index (χ3v) is 1.72. The molecule has 0 aliphatic carbocycles. The standard InChI is InChI=1S/C4H5Cl2N3/c5-3-2(1-7)8-9-4(3)6/h1,7H2,(H,8,9). The van der Waals surface area contributed by atoms with Crippen molar-refractivity contribution < 1.29 is 0 Å². The van der Waals surface area contributed by atoms with Gasteiger partial charge in [-0.1, -0.05) is 23.2 Å². The second kappa shape index (κ2) is 2.56. The second-order valence-electron chi connectivity index (χ2n) is 1.51. The van der Waals surface area contributed by atoms with Crippen molar-refractivity contribution in [3.05, 3.63) is 15.9 Å². The summed E-state index contributed by atoms with van der Waals surface area (Å²) >= 11 is 11.1. The van der Waals surface area contributed by atoms with E-state index < -0.39 is 0 Å². The van der Waals surface area contributed by atoms with Crippen LogP contribution >= 0.6 is 23.2 Å². The molecule has 0 unspecified atom stereocenters. The van der Waals surface area contributed by atoms with E-state index in [0.29, 0.717) is 17.3 Å². The van der Waals surface area contributed by atoms with Crippen molar-refractivity contribution in [3.63, 3.8) is 0 Å². The van der Waals surface area contributed by atoms with Crippen LogP contribution in [0.3, 0.4) is 0 Å². The van der Waals surface area contributed by atoms with Crippen molar-refractivity contribution in [2.24, 2.45) is 5.73 Å². The lowest BCUT2D eigenvalue weighted by Gasteiger charge is -1.86. The molecule has 1 aromatic rings. The topological polar surface area (TPSA) is 54.7 Å². The predicted octanol–water partition coefficient (Wildman–Crippen LogP) is 1.18. The van der Waals surface area contributed by atoms with Crippen molar-refractivity contribution in [2.45, 2.75) is 6.54 Å². The van der Waals surface area contributed by atoms with E-state index in [0.717, 1.165) is 0 Å². The summed E-state index contributed by atoms with van der Waals surface area (Å²) in [5.74, 6) is 0. The van der Waals surface area contributed by atoms with Crippen molar-refractivity contribution in [2.75, 3.05) is 0 Å². The van der Waals surface area contributed by atoms with Gasteiger partial charge in [-0.15, -0.1) is 0 Å². The summed E-state index contributed by atoms with van der Waals surface area (Å²) in [7, 11) is 0. The van der Waals surface area contributed by atoms with Gasteiger partial charge in [-0.25, -0.2) is 0 Å². The first-order chi connectivity index (χ1) is 4.25. The van der Waals surface area contributed by atoms with E-state index in [9.17, 15) is 0 Å². The van der Waals surface area contributed by atoms with Crippen molar-refractivity contribution >= 4 is 23.2 Å². The van der Waals surface area contributed by atoms with Crippen LogP contribution < -0.4 is 5.73 Å². The highest BCUT2D eigenvalue weighted by atomic mass is 35.5. The number of nitrogens with one attached hydrogen (secondary N) is 1. The normalized spacial score (nSPS) is 10.1. The summed E-state index contributed by atoms with van der Waals surface area (Å²) in [5.41, 5.74) is 5.92. The van der Waals surface area contributed by atoms with Crippen LogP contribution in [-0.2, 0) is 6.54 Å². The molecule has 3 N–H and O–H groups in total. The first kappa shape index (κ1) is 6.86. The van der Waals surface area contributed by atoms with E-state index in [1.807, 2.05) is 0 Å². The van der Waals surface area contributed by atoms with Crippen molar-refractivity contribution in [3.8, 4) is 0 Å². The number of rotatable bonds is 1. The molecule has 0 atom stereocenters. The van der Waals surface area contributed by atoms with Crippen LogP contribution in [0.5, 0.6) is 0 Å². The highest BCUT2D eigenvalue weighted by Gasteiger charge is 2.05. The average molecular weight is 166 g/mol. The molecular weight excluding hydrogens is 161 g/mol. The monoisotopic (exact) mass is 165 g/mol. The SMILES string of the molecule is NCc1[nH]nc(Cl)c1Cl. The molecule has 0 aliphatic heterocycles. The van der Waals surface area contributed by atoms with Gasteiger partial charge >= 0.3 is 0 Å². The molecule has 0 aliphatic rings. The number of halogens is 2. The lowest BCUT2D eigenvalue weighted by molar-refractivity contribution is 0.947.